The Morgan fingerprint density at radius 1 is 1.12 bits per heavy atom. The molecule has 0 saturated heterocycles. The Labute approximate surface area is 214 Å². The third-order valence-electron chi connectivity index (χ3n) is 5.34. The summed E-state index contributed by atoms with van der Waals surface area (Å²) in [5, 5.41) is 3.28. The van der Waals surface area contributed by atoms with E-state index in [1.54, 1.807) is 37.3 Å². The summed E-state index contributed by atoms with van der Waals surface area (Å²) in [4.78, 5) is 13.0. The van der Waals surface area contributed by atoms with E-state index in [1.165, 1.54) is 13.2 Å². The first-order valence-corrected chi connectivity index (χ1v) is 13.1. The van der Waals surface area contributed by atoms with Crippen molar-refractivity contribution in [1.82, 2.24) is 5.32 Å². The van der Waals surface area contributed by atoms with Crippen LogP contribution in [0.25, 0.3) is 0 Å². The molecule has 1 atom stereocenters. The highest BCUT2D eigenvalue weighted by Gasteiger charge is 2.31. The van der Waals surface area contributed by atoms with Gasteiger partial charge in [-0.1, -0.05) is 51.8 Å². The van der Waals surface area contributed by atoms with Gasteiger partial charge in [-0.2, -0.15) is 0 Å². The molecule has 0 aliphatic carbocycles. The highest BCUT2D eigenvalue weighted by atomic mass is 79.9. The Balaban J connectivity index is 2.00. The molecule has 3 aromatic rings. The second-order valence-corrected chi connectivity index (χ2v) is 11.1. The zero-order chi connectivity index (χ0) is 25.0. The number of methoxy groups -OCH3 is 1. The van der Waals surface area contributed by atoms with Crippen molar-refractivity contribution in [2.45, 2.75) is 31.7 Å². The topological polar surface area (TPSA) is 75.7 Å². The van der Waals surface area contributed by atoms with Gasteiger partial charge < -0.3 is 10.1 Å². The number of amides is 1. The van der Waals surface area contributed by atoms with Crippen molar-refractivity contribution >= 4 is 49.1 Å². The van der Waals surface area contributed by atoms with E-state index in [9.17, 15) is 13.2 Å². The second-order valence-electron chi connectivity index (χ2n) is 7.94. The maximum Gasteiger partial charge on any atom is 0.268 e. The van der Waals surface area contributed by atoms with Crippen molar-refractivity contribution in [3.05, 3.63) is 86.8 Å². The van der Waals surface area contributed by atoms with Crippen molar-refractivity contribution in [2.24, 2.45) is 0 Å². The lowest BCUT2D eigenvalue weighted by Gasteiger charge is -2.26. The van der Waals surface area contributed by atoms with Gasteiger partial charge in [0.25, 0.3) is 10.0 Å². The first kappa shape index (κ1) is 26.1. The number of aryl methyl sites for hydroxylation is 2. The van der Waals surface area contributed by atoms with Gasteiger partial charge in [0.15, 0.2) is 0 Å². The van der Waals surface area contributed by atoms with Crippen molar-refractivity contribution in [3.8, 4) is 5.75 Å². The number of halogens is 2. The third-order valence-corrected chi connectivity index (χ3v) is 8.04. The average molecular weight is 566 g/mol. The molecule has 0 fully saturated rings. The number of nitrogens with zero attached hydrogens (tertiary/aromatic N) is 1. The summed E-state index contributed by atoms with van der Waals surface area (Å²) in [5.41, 5.74) is 2.71. The van der Waals surface area contributed by atoms with Gasteiger partial charge in [0.1, 0.15) is 17.2 Å². The lowest BCUT2D eigenvalue weighted by atomic mass is 10.1. The van der Waals surface area contributed by atoms with E-state index in [2.05, 4.69) is 21.2 Å². The predicted molar refractivity (Wildman–Crippen MR) is 139 cm³/mol. The Morgan fingerprint density at radius 3 is 2.50 bits per heavy atom. The number of ether oxygens (including phenoxy) is 1. The molecule has 0 unspecified atom stereocenters. The number of hydrogen-bond acceptors (Lipinski definition) is 4. The van der Waals surface area contributed by atoms with Crippen LogP contribution in [-0.2, 0) is 14.8 Å². The van der Waals surface area contributed by atoms with Crippen molar-refractivity contribution in [1.29, 1.82) is 0 Å². The van der Waals surface area contributed by atoms with Crippen molar-refractivity contribution in [2.75, 3.05) is 18.0 Å². The number of nitrogens with one attached hydrogen (secondary N) is 1. The molecule has 9 heteroatoms. The third kappa shape index (κ3) is 5.92. The number of carbonyl (C=O) groups excluding carboxylic acids is 1. The predicted octanol–water partition coefficient (Wildman–Crippen LogP) is 5.80. The van der Waals surface area contributed by atoms with Crippen LogP contribution >= 0.6 is 27.5 Å². The molecule has 0 aliphatic heterocycles. The molecule has 180 valence electrons. The van der Waals surface area contributed by atoms with Crippen LogP contribution in [0, 0.1) is 13.8 Å². The zero-order valence-electron chi connectivity index (χ0n) is 19.3. The molecule has 0 aliphatic rings. The van der Waals surface area contributed by atoms with E-state index in [4.69, 9.17) is 16.3 Å². The lowest BCUT2D eigenvalue weighted by Crippen LogP contribution is -2.41. The minimum absolute atomic E-state index is 0.0282. The largest absolute Gasteiger partial charge is 0.495 e. The standard InChI is InChI=1S/C25H26BrClN2O4S/c1-16-8-11-23(33-4)24(12-16)34(31,32)29(21-10-9-17(2)22(27)14-21)15-25(30)28-18(3)19-6-5-7-20(26)13-19/h5-14,18H,15H2,1-4H3,(H,28,30)/t18-/m1/s1. The summed E-state index contributed by atoms with van der Waals surface area (Å²) >= 11 is 9.73. The number of anilines is 1. The Morgan fingerprint density at radius 2 is 1.85 bits per heavy atom. The van der Waals surface area contributed by atoms with Crippen LogP contribution in [0.4, 0.5) is 5.69 Å². The van der Waals surface area contributed by atoms with Crippen molar-refractivity contribution in [3.63, 3.8) is 0 Å². The van der Waals surface area contributed by atoms with E-state index in [1.807, 2.05) is 38.1 Å². The zero-order valence-corrected chi connectivity index (χ0v) is 22.5. The van der Waals surface area contributed by atoms with E-state index in [0.717, 1.165) is 25.5 Å². The Kier molecular flexibility index (Phi) is 8.28. The second kappa shape index (κ2) is 10.8. The van der Waals surface area contributed by atoms with Gasteiger partial charge in [0.05, 0.1) is 18.8 Å². The van der Waals surface area contributed by atoms with E-state index in [-0.39, 0.29) is 22.4 Å². The summed E-state index contributed by atoms with van der Waals surface area (Å²) in [7, 11) is -2.76. The highest BCUT2D eigenvalue weighted by Crippen LogP contribution is 2.32. The summed E-state index contributed by atoms with van der Waals surface area (Å²) in [6.07, 6.45) is 0. The molecule has 0 bridgehead atoms. The van der Waals surface area contributed by atoms with Crippen LogP contribution in [0.2, 0.25) is 5.02 Å². The summed E-state index contributed by atoms with van der Waals surface area (Å²) in [5.74, 6) is -0.268. The number of hydrogen-bond donors (Lipinski definition) is 1. The molecule has 0 heterocycles. The van der Waals surface area contributed by atoms with Gasteiger partial charge in [-0.05, 0) is 73.9 Å². The van der Waals surface area contributed by atoms with Crippen LogP contribution in [0.3, 0.4) is 0 Å². The SMILES string of the molecule is COc1ccc(C)cc1S(=O)(=O)N(CC(=O)N[C@H](C)c1cccc(Br)c1)c1ccc(C)c(Cl)c1. The first-order chi connectivity index (χ1) is 16.0. The molecular weight excluding hydrogens is 540 g/mol. The van der Waals surface area contributed by atoms with Crippen LogP contribution in [0.5, 0.6) is 5.75 Å². The number of carbonyl (C=O) groups is 1. The first-order valence-electron chi connectivity index (χ1n) is 10.5. The maximum absolute atomic E-state index is 13.8. The quantitative estimate of drug-likeness (QED) is 0.375. The molecular formula is C25H26BrClN2O4S. The molecule has 0 radical (unpaired) electrons. The highest BCUT2D eigenvalue weighted by molar-refractivity contribution is 9.10. The number of benzene rings is 3. The average Bonchev–Trinajstić information content (AvgIpc) is 2.79. The van der Waals surface area contributed by atoms with Gasteiger partial charge in [-0.3, -0.25) is 9.10 Å². The summed E-state index contributed by atoms with van der Waals surface area (Å²) in [6.45, 7) is 5.01. The normalized spacial score (nSPS) is 12.2. The number of rotatable bonds is 8. The van der Waals surface area contributed by atoms with Gasteiger partial charge in [0, 0.05) is 9.50 Å². The van der Waals surface area contributed by atoms with Crippen LogP contribution in [-0.4, -0.2) is 28.0 Å². The van der Waals surface area contributed by atoms with Crippen molar-refractivity contribution < 1.29 is 17.9 Å². The van der Waals surface area contributed by atoms with Gasteiger partial charge in [0.2, 0.25) is 5.91 Å². The maximum atomic E-state index is 13.8. The lowest BCUT2D eigenvalue weighted by molar-refractivity contribution is -0.120. The van der Waals surface area contributed by atoms with Gasteiger partial charge in [-0.15, -0.1) is 0 Å². The smallest absolute Gasteiger partial charge is 0.268 e. The van der Waals surface area contributed by atoms with E-state index in [0.29, 0.717) is 5.02 Å². The monoisotopic (exact) mass is 564 g/mol. The summed E-state index contributed by atoms with van der Waals surface area (Å²) < 4.78 is 34.9. The fourth-order valence-electron chi connectivity index (χ4n) is 3.43. The molecule has 0 saturated carbocycles. The molecule has 0 spiro atoms. The molecule has 1 N–H and O–H groups in total. The minimum atomic E-state index is -4.17. The Bertz CT molecular complexity index is 1310. The molecule has 3 rings (SSSR count). The minimum Gasteiger partial charge on any atom is -0.495 e. The fourth-order valence-corrected chi connectivity index (χ4v) is 5.68. The van der Waals surface area contributed by atoms with Crippen LogP contribution in [0.1, 0.15) is 29.7 Å². The molecule has 1 amide bonds. The summed E-state index contributed by atoms with van der Waals surface area (Å²) in [6, 6.07) is 17.0. The fraction of sp³-hybridized carbons (Fsp3) is 0.240. The van der Waals surface area contributed by atoms with E-state index < -0.39 is 22.5 Å². The van der Waals surface area contributed by atoms with E-state index >= 15 is 0 Å². The molecule has 3 aromatic carbocycles. The molecule has 0 aromatic heterocycles. The van der Waals surface area contributed by atoms with Gasteiger partial charge in [-0.25, -0.2) is 8.42 Å². The molecule has 6 nitrogen and oxygen atoms in total. The van der Waals surface area contributed by atoms with Gasteiger partial charge >= 0.3 is 0 Å². The molecule has 34 heavy (non-hydrogen) atoms. The van der Waals surface area contributed by atoms with Crippen LogP contribution < -0.4 is 14.4 Å². The Hall–Kier alpha value is -2.55. The van der Waals surface area contributed by atoms with Crippen LogP contribution in [0.15, 0.2) is 70.0 Å². The number of sulfonamides is 1.